The molecular weight excluding hydrogens is 385 g/mol. The summed E-state index contributed by atoms with van der Waals surface area (Å²) in [6.07, 6.45) is 0. The van der Waals surface area contributed by atoms with E-state index in [9.17, 15) is 9.18 Å². The van der Waals surface area contributed by atoms with Crippen LogP contribution in [-0.2, 0) is 0 Å². The number of anilines is 2. The largest absolute Gasteiger partial charge is 0.497 e. The second kappa shape index (κ2) is 8.16. The smallest absolute Gasteiger partial charge is 0.323 e. The van der Waals surface area contributed by atoms with Crippen LogP contribution in [0.5, 0.6) is 11.5 Å². The molecule has 0 saturated heterocycles. The van der Waals surface area contributed by atoms with Crippen molar-refractivity contribution >= 4 is 28.3 Å². The zero-order valence-electron chi connectivity index (χ0n) is 16.5. The van der Waals surface area contributed by atoms with Crippen LogP contribution in [0.25, 0.3) is 22.2 Å². The van der Waals surface area contributed by atoms with Crippen molar-refractivity contribution in [1.29, 1.82) is 0 Å². The predicted molar refractivity (Wildman–Crippen MR) is 116 cm³/mol. The molecule has 0 radical (unpaired) electrons. The second-order valence-electron chi connectivity index (χ2n) is 6.64. The lowest BCUT2D eigenvalue weighted by atomic mass is 10.1. The minimum atomic E-state index is -0.408. The van der Waals surface area contributed by atoms with Crippen LogP contribution >= 0.6 is 0 Å². The average Bonchev–Trinajstić information content (AvgIpc) is 3.17. The molecule has 0 bridgehead atoms. The number of amides is 2. The van der Waals surface area contributed by atoms with Crippen LogP contribution in [0.3, 0.4) is 0 Å². The molecule has 30 heavy (non-hydrogen) atoms. The Bertz CT molecular complexity index is 1220. The van der Waals surface area contributed by atoms with Crippen molar-refractivity contribution in [1.82, 2.24) is 4.98 Å². The van der Waals surface area contributed by atoms with Crippen LogP contribution in [0.15, 0.2) is 66.7 Å². The van der Waals surface area contributed by atoms with Crippen LogP contribution < -0.4 is 20.1 Å². The van der Waals surface area contributed by atoms with E-state index in [0.717, 1.165) is 22.2 Å². The summed E-state index contributed by atoms with van der Waals surface area (Å²) in [6, 6.07) is 18.6. The van der Waals surface area contributed by atoms with Gasteiger partial charge in [-0.15, -0.1) is 0 Å². The highest BCUT2D eigenvalue weighted by Crippen LogP contribution is 2.30. The predicted octanol–water partition coefficient (Wildman–Crippen LogP) is 5.64. The van der Waals surface area contributed by atoms with E-state index in [1.54, 1.807) is 37.4 Å². The van der Waals surface area contributed by atoms with E-state index in [4.69, 9.17) is 9.47 Å². The lowest BCUT2D eigenvalue weighted by Gasteiger charge is -2.12. The van der Waals surface area contributed by atoms with E-state index < -0.39 is 6.03 Å². The maximum atomic E-state index is 13.4. The summed E-state index contributed by atoms with van der Waals surface area (Å²) < 4.78 is 23.9. The second-order valence-corrected chi connectivity index (χ2v) is 6.64. The highest BCUT2D eigenvalue weighted by molar-refractivity contribution is 6.01. The minimum absolute atomic E-state index is 0.283. The van der Waals surface area contributed by atoms with Gasteiger partial charge < -0.3 is 25.1 Å². The Kier molecular flexibility index (Phi) is 5.26. The zero-order chi connectivity index (χ0) is 21.1. The number of aromatic nitrogens is 1. The third-order valence-corrected chi connectivity index (χ3v) is 4.67. The summed E-state index contributed by atoms with van der Waals surface area (Å²) in [6.45, 7) is 0. The molecule has 0 aliphatic rings. The number of aromatic amines is 1. The molecule has 0 saturated carbocycles. The third kappa shape index (κ3) is 4.05. The Morgan fingerprint density at radius 3 is 2.60 bits per heavy atom. The molecule has 6 nitrogen and oxygen atoms in total. The van der Waals surface area contributed by atoms with E-state index in [0.29, 0.717) is 22.9 Å². The van der Waals surface area contributed by atoms with Gasteiger partial charge in [-0.3, -0.25) is 0 Å². The maximum Gasteiger partial charge on any atom is 0.323 e. The lowest BCUT2D eigenvalue weighted by molar-refractivity contribution is 0.262. The summed E-state index contributed by atoms with van der Waals surface area (Å²) in [4.78, 5) is 15.7. The molecule has 3 aromatic carbocycles. The van der Waals surface area contributed by atoms with E-state index in [1.165, 1.54) is 19.2 Å². The Morgan fingerprint density at radius 1 is 0.933 bits per heavy atom. The van der Waals surface area contributed by atoms with E-state index in [2.05, 4.69) is 15.6 Å². The Balaban J connectivity index is 1.52. The number of hydrogen-bond acceptors (Lipinski definition) is 3. The van der Waals surface area contributed by atoms with Crippen molar-refractivity contribution in [2.75, 3.05) is 24.9 Å². The highest BCUT2D eigenvalue weighted by Gasteiger charge is 2.10. The number of carbonyl (C=O) groups is 1. The summed E-state index contributed by atoms with van der Waals surface area (Å²) in [5, 5.41) is 6.37. The van der Waals surface area contributed by atoms with Gasteiger partial charge in [0, 0.05) is 33.9 Å². The average molecular weight is 405 g/mol. The molecule has 7 heteroatoms. The van der Waals surface area contributed by atoms with E-state index >= 15 is 0 Å². The quantitative estimate of drug-likeness (QED) is 0.402. The minimum Gasteiger partial charge on any atom is -0.497 e. The summed E-state index contributed by atoms with van der Waals surface area (Å²) in [5.74, 6) is 0.835. The Morgan fingerprint density at radius 2 is 1.80 bits per heavy atom. The van der Waals surface area contributed by atoms with Crippen LogP contribution in [-0.4, -0.2) is 25.2 Å². The van der Waals surface area contributed by atoms with Gasteiger partial charge in [0.25, 0.3) is 0 Å². The molecule has 152 valence electrons. The number of ether oxygens (including phenoxy) is 2. The topological polar surface area (TPSA) is 75.4 Å². The molecule has 2 amide bonds. The standard InChI is InChI=1S/C23H20FN3O3/c1-29-18-7-9-20(22(13-18)30-2)27-23(28)25-17-5-3-4-14(11-17)21-12-15-10-16(24)6-8-19(15)26-21/h3-13,26H,1-2H3,(H2,25,27,28). The van der Waals surface area contributed by atoms with Crippen molar-refractivity contribution < 1.29 is 18.7 Å². The summed E-state index contributed by atoms with van der Waals surface area (Å²) in [5.41, 5.74) is 3.67. The molecule has 0 atom stereocenters. The van der Waals surface area contributed by atoms with Gasteiger partial charge in [-0.2, -0.15) is 0 Å². The van der Waals surface area contributed by atoms with Crippen molar-refractivity contribution in [2.24, 2.45) is 0 Å². The van der Waals surface area contributed by atoms with Crippen molar-refractivity contribution in [3.8, 4) is 22.8 Å². The summed E-state index contributed by atoms with van der Waals surface area (Å²) >= 11 is 0. The van der Waals surface area contributed by atoms with Gasteiger partial charge in [-0.05, 0) is 48.5 Å². The fourth-order valence-electron chi connectivity index (χ4n) is 3.21. The molecule has 0 spiro atoms. The number of rotatable bonds is 5. The number of nitrogens with one attached hydrogen (secondary N) is 3. The van der Waals surface area contributed by atoms with Gasteiger partial charge in [-0.25, -0.2) is 9.18 Å². The molecule has 1 aromatic heterocycles. The number of fused-ring (bicyclic) bond motifs is 1. The maximum absolute atomic E-state index is 13.4. The molecular formula is C23H20FN3O3. The van der Waals surface area contributed by atoms with Crippen LogP contribution in [0, 0.1) is 5.82 Å². The van der Waals surface area contributed by atoms with Crippen molar-refractivity contribution in [3.63, 3.8) is 0 Å². The van der Waals surface area contributed by atoms with Gasteiger partial charge in [0.15, 0.2) is 0 Å². The van der Waals surface area contributed by atoms with Crippen molar-refractivity contribution in [3.05, 3.63) is 72.5 Å². The molecule has 4 aromatic rings. The monoisotopic (exact) mass is 405 g/mol. The number of urea groups is 1. The fraction of sp³-hybridized carbons (Fsp3) is 0.0870. The molecule has 3 N–H and O–H groups in total. The first kappa shape index (κ1) is 19.3. The van der Waals surface area contributed by atoms with Gasteiger partial charge >= 0.3 is 6.03 Å². The van der Waals surface area contributed by atoms with Gasteiger partial charge in [-0.1, -0.05) is 12.1 Å². The van der Waals surface area contributed by atoms with Crippen molar-refractivity contribution in [2.45, 2.75) is 0 Å². The van der Waals surface area contributed by atoms with Gasteiger partial charge in [0.2, 0.25) is 0 Å². The Labute approximate surface area is 172 Å². The zero-order valence-corrected chi connectivity index (χ0v) is 16.5. The first-order valence-electron chi connectivity index (χ1n) is 9.24. The first-order chi connectivity index (χ1) is 14.6. The van der Waals surface area contributed by atoms with Gasteiger partial charge in [0.1, 0.15) is 17.3 Å². The number of hydrogen-bond donors (Lipinski definition) is 3. The molecule has 0 aliphatic carbocycles. The Hall–Kier alpha value is -4.00. The number of benzene rings is 3. The number of halogens is 1. The van der Waals surface area contributed by atoms with Crippen LogP contribution in [0.2, 0.25) is 0 Å². The fourth-order valence-corrected chi connectivity index (χ4v) is 3.21. The molecule has 0 aliphatic heterocycles. The molecule has 0 fully saturated rings. The number of methoxy groups -OCH3 is 2. The SMILES string of the molecule is COc1ccc(NC(=O)Nc2cccc(-c3cc4cc(F)ccc4[nH]3)c2)c(OC)c1. The summed E-state index contributed by atoms with van der Waals surface area (Å²) in [7, 11) is 3.08. The number of H-pyrrole nitrogens is 1. The molecule has 4 rings (SSSR count). The normalized spacial score (nSPS) is 10.6. The molecule has 1 heterocycles. The van der Waals surface area contributed by atoms with E-state index in [-0.39, 0.29) is 5.82 Å². The lowest BCUT2D eigenvalue weighted by Crippen LogP contribution is -2.19. The van der Waals surface area contributed by atoms with Crippen LogP contribution in [0.4, 0.5) is 20.6 Å². The number of carbonyl (C=O) groups excluding carboxylic acids is 1. The van der Waals surface area contributed by atoms with Gasteiger partial charge in [0.05, 0.1) is 19.9 Å². The first-order valence-corrected chi connectivity index (χ1v) is 9.24. The molecule has 0 unspecified atom stereocenters. The third-order valence-electron chi connectivity index (χ3n) is 4.67. The van der Waals surface area contributed by atoms with E-state index in [1.807, 2.05) is 24.3 Å². The van der Waals surface area contributed by atoms with Crippen LogP contribution in [0.1, 0.15) is 0 Å². The highest BCUT2D eigenvalue weighted by atomic mass is 19.1.